The van der Waals surface area contributed by atoms with Gasteiger partial charge in [-0.25, -0.2) is 0 Å². The summed E-state index contributed by atoms with van der Waals surface area (Å²) in [6, 6.07) is 0.616. The minimum atomic E-state index is 0.519. The zero-order chi connectivity index (χ0) is 5.82. The molecule has 0 aromatic carbocycles. The van der Waals surface area contributed by atoms with E-state index in [-0.39, 0.29) is 0 Å². The highest BCUT2D eigenvalue weighted by Crippen LogP contribution is 2.16. The standard InChI is InChI=1S/C5H9NOS/c7-2-1-6-5-3-8-4-5/h2,5-6H,1,3-4H2. The third kappa shape index (κ3) is 1.49. The van der Waals surface area contributed by atoms with Crippen molar-refractivity contribution in [2.45, 2.75) is 6.04 Å². The van der Waals surface area contributed by atoms with Crippen molar-refractivity contribution >= 4 is 18.0 Å². The number of nitrogens with one attached hydrogen (secondary N) is 1. The Labute approximate surface area is 53.0 Å². The van der Waals surface area contributed by atoms with Crippen molar-refractivity contribution in [3.63, 3.8) is 0 Å². The molecule has 3 heteroatoms. The van der Waals surface area contributed by atoms with E-state index in [1.807, 2.05) is 11.8 Å². The van der Waals surface area contributed by atoms with Gasteiger partial charge in [0, 0.05) is 17.5 Å². The molecule has 1 N–H and O–H groups in total. The van der Waals surface area contributed by atoms with Crippen molar-refractivity contribution in [2.24, 2.45) is 0 Å². The first-order chi connectivity index (χ1) is 3.93. The lowest BCUT2D eigenvalue weighted by molar-refractivity contribution is -0.107. The number of rotatable bonds is 3. The number of thioether (sulfide) groups is 1. The van der Waals surface area contributed by atoms with E-state index in [1.54, 1.807) is 0 Å². The van der Waals surface area contributed by atoms with Crippen LogP contribution in [0.1, 0.15) is 0 Å². The maximum absolute atomic E-state index is 9.78. The lowest BCUT2D eigenvalue weighted by Crippen LogP contribution is -2.40. The third-order valence-corrected chi connectivity index (χ3v) is 2.40. The first-order valence-electron chi connectivity index (χ1n) is 2.68. The Kier molecular flexibility index (Phi) is 2.36. The van der Waals surface area contributed by atoms with E-state index in [9.17, 15) is 4.79 Å². The van der Waals surface area contributed by atoms with Crippen molar-refractivity contribution < 1.29 is 4.79 Å². The van der Waals surface area contributed by atoms with Crippen LogP contribution in [0.25, 0.3) is 0 Å². The van der Waals surface area contributed by atoms with Gasteiger partial charge < -0.3 is 10.1 Å². The Balaban J connectivity index is 1.93. The fraction of sp³-hybridized carbons (Fsp3) is 0.800. The highest BCUT2D eigenvalue weighted by Gasteiger charge is 2.15. The number of hydrogen-bond acceptors (Lipinski definition) is 3. The molecule has 46 valence electrons. The summed E-state index contributed by atoms with van der Waals surface area (Å²) in [4.78, 5) is 9.78. The molecule has 0 radical (unpaired) electrons. The molecule has 1 fully saturated rings. The summed E-state index contributed by atoms with van der Waals surface area (Å²) >= 11 is 1.92. The van der Waals surface area contributed by atoms with Crippen LogP contribution < -0.4 is 5.32 Å². The van der Waals surface area contributed by atoms with Crippen LogP contribution in [0.15, 0.2) is 0 Å². The lowest BCUT2D eigenvalue weighted by atomic mass is 10.4. The van der Waals surface area contributed by atoms with Crippen molar-refractivity contribution in [1.82, 2.24) is 5.32 Å². The fourth-order valence-corrected chi connectivity index (χ4v) is 1.28. The number of carbonyl (C=O) groups excluding carboxylic acids is 1. The molecule has 0 aromatic heterocycles. The molecule has 0 bridgehead atoms. The highest BCUT2D eigenvalue weighted by molar-refractivity contribution is 8.00. The fourth-order valence-electron chi connectivity index (χ4n) is 0.568. The maximum Gasteiger partial charge on any atom is 0.133 e. The molecular weight excluding hydrogens is 122 g/mol. The summed E-state index contributed by atoms with van der Waals surface area (Å²) in [7, 11) is 0. The summed E-state index contributed by atoms with van der Waals surface area (Å²) < 4.78 is 0. The van der Waals surface area contributed by atoms with E-state index < -0.39 is 0 Å². The quantitative estimate of drug-likeness (QED) is 0.542. The Morgan fingerprint density at radius 2 is 2.50 bits per heavy atom. The third-order valence-electron chi connectivity index (χ3n) is 1.13. The van der Waals surface area contributed by atoms with E-state index in [4.69, 9.17) is 0 Å². The van der Waals surface area contributed by atoms with Gasteiger partial charge in [0.15, 0.2) is 0 Å². The van der Waals surface area contributed by atoms with Gasteiger partial charge in [-0.3, -0.25) is 0 Å². The largest absolute Gasteiger partial charge is 0.306 e. The smallest absolute Gasteiger partial charge is 0.133 e. The Bertz CT molecular complexity index is 82.5. The average Bonchev–Trinajstić information content (AvgIpc) is 1.63. The SMILES string of the molecule is O=CCNC1CSC1. The van der Waals surface area contributed by atoms with Crippen LogP contribution in [0.5, 0.6) is 0 Å². The Hall–Kier alpha value is -0.0200. The van der Waals surface area contributed by atoms with E-state index in [1.165, 1.54) is 11.5 Å². The molecule has 0 amide bonds. The number of hydrogen-bond donors (Lipinski definition) is 1. The molecule has 2 nitrogen and oxygen atoms in total. The predicted molar refractivity (Wildman–Crippen MR) is 35.2 cm³/mol. The molecule has 0 spiro atoms. The van der Waals surface area contributed by atoms with Gasteiger partial charge in [0.1, 0.15) is 6.29 Å². The average molecular weight is 131 g/mol. The van der Waals surface area contributed by atoms with Crippen LogP contribution in [0, 0.1) is 0 Å². The first kappa shape index (κ1) is 6.11. The molecule has 0 aliphatic carbocycles. The molecule has 8 heavy (non-hydrogen) atoms. The van der Waals surface area contributed by atoms with E-state index >= 15 is 0 Å². The summed E-state index contributed by atoms with van der Waals surface area (Å²) in [5.41, 5.74) is 0. The summed E-state index contributed by atoms with van der Waals surface area (Å²) in [6.07, 6.45) is 0.906. The molecule has 0 aromatic rings. The maximum atomic E-state index is 9.78. The van der Waals surface area contributed by atoms with Gasteiger partial charge in [-0.1, -0.05) is 0 Å². The van der Waals surface area contributed by atoms with E-state index in [0.29, 0.717) is 12.6 Å². The Morgan fingerprint density at radius 3 is 2.88 bits per heavy atom. The second-order valence-electron chi connectivity index (χ2n) is 1.81. The molecule has 1 aliphatic heterocycles. The molecule has 1 aliphatic rings. The molecule has 1 saturated heterocycles. The van der Waals surface area contributed by atoms with E-state index in [2.05, 4.69) is 5.32 Å². The lowest BCUT2D eigenvalue weighted by Gasteiger charge is -2.24. The highest BCUT2D eigenvalue weighted by atomic mass is 32.2. The van der Waals surface area contributed by atoms with Crippen LogP contribution in [0.3, 0.4) is 0 Å². The molecule has 1 heterocycles. The molecule has 1 rings (SSSR count). The van der Waals surface area contributed by atoms with Gasteiger partial charge in [-0.05, 0) is 0 Å². The van der Waals surface area contributed by atoms with Gasteiger partial charge >= 0.3 is 0 Å². The second kappa shape index (κ2) is 3.10. The summed E-state index contributed by atoms with van der Waals surface area (Å²) in [5.74, 6) is 2.35. The topological polar surface area (TPSA) is 29.1 Å². The van der Waals surface area contributed by atoms with Gasteiger partial charge in [-0.2, -0.15) is 11.8 Å². The summed E-state index contributed by atoms with van der Waals surface area (Å²) in [6.45, 7) is 0.519. The number of carbonyl (C=O) groups is 1. The van der Waals surface area contributed by atoms with Gasteiger partial charge in [-0.15, -0.1) is 0 Å². The van der Waals surface area contributed by atoms with Crippen LogP contribution in [0.2, 0.25) is 0 Å². The normalized spacial score (nSPS) is 20.0. The molecule has 0 atom stereocenters. The second-order valence-corrected chi connectivity index (χ2v) is 2.88. The van der Waals surface area contributed by atoms with Gasteiger partial charge in [0.25, 0.3) is 0 Å². The molecular formula is C5H9NOS. The van der Waals surface area contributed by atoms with Crippen molar-refractivity contribution in [3.05, 3.63) is 0 Å². The van der Waals surface area contributed by atoms with Crippen LogP contribution in [-0.4, -0.2) is 30.4 Å². The van der Waals surface area contributed by atoms with Crippen molar-refractivity contribution in [3.8, 4) is 0 Å². The first-order valence-corrected chi connectivity index (χ1v) is 3.83. The monoisotopic (exact) mass is 131 g/mol. The predicted octanol–water partition coefficient (Wildman–Crippen LogP) is -0.110. The van der Waals surface area contributed by atoms with E-state index in [0.717, 1.165) is 6.29 Å². The zero-order valence-corrected chi connectivity index (χ0v) is 5.41. The molecule has 0 unspecified atom stereocenters. The van der Waals surface area contributed by atoms with Crippen LogP contribution >= 0.6 is 11.8 Å². The number of aldehydes is 1. The van der Waals surface area contributed by atoms with Crippen LogP contribution in [-0.2, 0) is 4.79 Å². The molecule has 0 saturated carbocycles. The summed E-state index contributed by atoms with van der Waals surface area (Å²) in [5, 5.41) is 3.08. The van der Waals surface area contributed by atoms with Gasteiger partial charge in [0.05, 0.1) is 6.54 Å². The van der Waals surface area contributed by atoms with Gasteiger partial charge in [0.2, 0.25) is 0 Å². The van der Waals surface area contributed by atoms with Crippen LogP contribution in [0.4, 0.5) is 0 Å². The minimum Gasteiger partial charge on any atom is -0.306 e. The van der Waals surface area contributed by atoms with Crippen molar-refractivity contribution in [1.29, 1.82) is 0 Å². The zero-order valence-electron chi connectivity index (χ0n) is 4.59. The van der Waals surface area contributed by atoms with Crippen molar-refractivity contribution in [2.75, 3.05) is 18.1 Å². The minimum absolute atomic E-state index is 0.519. The Morgan fingerprint density at radius 1 is 1.75 bits per heavy atom.